The normalized spacial score (nSPS) is 24.1. The highest BCUT2D eigenvalue weighted by molar-refractivity contribution is 6.05. The molecule has 1 aromatic carbocycles. The molecule has 7 nitrogen and oxygen atoms in total. The molecule has 0 aliphatic carbocycles. The van der Waals surface area contributed by atoms with Gasteiger partial charge in [-0.05, 0) is 43.2 Å². The molecule has 1 aromatic heterocycles. The number of carbonyl (C=O) groups excluding carboxylic acids is 2. The van der Waals surface area contributed by atoms with Gasteiger partial charge in [-0.25, -0.2) is 0 Å². The van der Waals surface area contributed by atoms with E-state index in [0.29, 0.717) is 32.0 Å². The smallest absolute Gasteiger partial charge is 0.273 e. The van der Waals surface area contributed by atoms with E-state index >= 15 is 0 Å². The van der Waals surface area contributed by atoms with Crippen LogP contribution in [0.3, 0.4) is 0 Å². The summed E-state index contributed by atoms with van der Waals surface area (Å²) in [7, 11) is 2.06. The fourth-order valence-corrected chi connectivity index (χ4v) is 5.53. The molecule has 4 heterocycles. The topological polar surface area (TPSA) is 66.0 Å². The van der Waals surface area contributed by atoms with Crippen LogP contribution >= 0.6 is 0 Å². The van der Waals surface area contributed by atoms with Gasteiger partial charge in [0.1, 0.15) is 5.69 Å². The van der Waals surface area contributed by atoms with E-state index in [2.05, 4.69) is 16.9 Å². The van der Waals surface area contributed by atoms with Gasteiger partial charge in [-0.2, -0.15) is 0 Å². The van der Waals surface area contributed by atoms with Crippen molar-refractivity contribution in [3.8, 4) is 0 Å². The van der Waals surface area contributed by atoms with Gasteiger partial charge in [0.2, 0.25) is 5.91 Å². The molecular weight excluding hydrogens is 392 g/mol. The third-order valence-electron chi connectivity index (χ3n) is 7.34. The summed E-state index contributed by atoms with van der Waals surface area (Å²) in [5.74, 6) is 0.250. The number of rotatable bonds is 2. The SMILES string of the molecule is CN1CC2(CCN(C(=O)c3nccc4ccccc34)CC2)CC1C(=O)N1CCOCC1. The maximum absolute atomic E-state index is 13.2. The van der Waals surface area contributed by atoms with Crippen molar-refractivity contribution in [2.24, 2.45) is 5.41 Å². The number of likely N-dealkylation sites (tertiary alicyclic amines) is 2. The number of likely N-dealkylation sites (N-methyl/N-ethyl adjacent to an activating group) is 1. The molecule has 0 saturated carbocycles. The quantitative estimate of drug-likeness (QED) is 0.741. The molecule has 2 aromatic rings. The Bertz CT molecular complexity index is 974. The Hall–Kier alpha value is -2.51. The predicted octanol–water partition coefficient (Wildman–Crippen LogP) is 2.02. The summed E-state index contributed by atoms with van der Waals surface area (Å²) in [6.45, 7) is 5.00. The monoisotopic (exact) mass is 422 g/mol. The second-order valence-corrected chi connectivity index (χ2v) is 9.25. The number of hydrogen-bond acceptors (Lipinski definition) is 5. The fourth-order valence-electron chi connectivity index (χ4n) is 5.53. The third kappa shape index (κ3) is 3.81. The predicted molar refractivity (Wildman–Crippen MR) is 118 cm³/mol. The van der Waals surface area contributed by atoms with Crippen molar-refractivity contribution in [1.82, 2.24) is 19.7 Å². The molecule has 1 atom stereocenters. The summed E-state index contributed by atoms with van der Waals surface area (Å²) in [6.07, 6.45) is 4.46. The van der Waals surface area contributed by atoms with Gasteiger partial charge in [-0.3, -0.25) is 19.5 Å². The van der Waals surface area contributed by atoms with E-state index in [1.54, 1.807) is 6.20 Å². The number of aromatic nitrogens is 1. The lowest BCUT2D eigenvalue weighted by Gasteiger charge is -2.39. The van der Waals surface area contributed by atoms with Crippen LogP contribution in [-0.2, 0) is 9.53 Å². The van der Waals surface area contributed by atoms with Gasteiger partial charge in [0.25, 0.3) is 5.91 Å². The van der Waals surface area contributed by atoms with Gasteiger partial charge in [-0.1, -0.05) is 24.3 Å². The van der Waals surface area contributed by atoms with E-state index < -0.39 is 0 Å². The molecule has 0 bridgehead atoms. The minimum absolute atomic E-state index is 0.0129. The fraction of sp³-hybridized carbons (Fsp3) is 0.542. The highest BCUT2D eigenvalue weighted by atomic mass is 16.5. The lowest BCUT2D eigenvalue weighted by molar-refractivity contribution is -0.139. The zero-order valence-corrected chi connectivity index (χ0v) is 18.1. The maximum atomic E-state index is 13.2. The molecule has 3 aliphatic rings. The van der Waals surface area contributed by atoms with Gasteiger partial charge in [0.15, 0.2) is 0 Å². The Kier molecular flexibility index (Phi) is 5.40. The van der Waals surface area contributed by atoms with Gasteiger partial charge >= 0.3 is 0 Å². The molecule has 164 valence electrons. The first-order chi connectivity index (χ1) is 15.1. The third-order valence-corrected chi connectivity index (χ3v) is 7.34. The lowest BCUT2D eigenvalue weighted by atomic mass is 9.76. The van der Waals surface area contributed by atoms with Crippen LogP contribution in [0, 0.1) is 5.41 Å². The number of benzene rings is 1. The molecule has 2 amide bonds. The van der Waals surface area contributed by atoms with E-state index in [1.807, 2.05) is 40.1 Å². The molecule has 0 N–H and O–H groups in total. The number of piperidine rings is 1. The summed E-state index contributed by atoms with van der Waals surface area (Å²) in [5.41, 5.74) is 0.655. The van der Waals surface area contributed by atoms with Crippen LogP contribution in [0.5, 0.6) is 0 Å². The Labute approximate surface area is 183 Å². The molecular formula is C24H30N4O3. The molecule has 1 spiro atoms. The number of carbonyl (C=O) groups is 2. The minimum atomic E-state index is -0.0555. The first kappa shape index (κ1) is 20.4. The van der Waals surface area contributed by atoms with E-state index in [0.717, 1.165) is 49.7 Å². The molecule has 1 unspecified atom stereocenters. The maximum Gasteiger partial charge on any atom is 0.273 e. The zero-order valence-electron chi connectivity index (χ0n) is 18.1. The standard InChI is InChI=1S/C24H30N4O3/c1-26-17-24(16-20(26)22(29)28-12-14-31-15-13-28)7-10-27(11-8-24)23(30)21-19-5-3-2-4-18(19)6-9-25-21/h2-6,9,20H,7-8,10-17H2,1H3. The number of fused-ring (bicyclic) bond motifs is 1. The Morgan fingerprint density at radius 3 is 2.55 bits per heavy atom. The molecule has 3 aliphatic heterocycles. The number of amides is 2. The van der Waals surface area contributed by atoms with Crippen LogP contribution in [0.15, 0.2) is 36.5 Å². The summed E-state index contributed by atoms with van der Waals surface area (Å²) in [6, 6.07) is 9.80. The highest BCUT2D eigenvalue weighted by Gasteiger charge is 2.48. The van der Waals surface area contributed by atoms with Crippen LogP contribution in [0.4, 0.5) is 0 Å². The van der Waals surface area contributed by atoms with Crippen molar-refractivity contribution < 1.29 is 14.3 Å². The zero-order chi connectivity index (χ0) is 21.4. The summed E-state index contributed by atoms with van der Waals surface area (Å²) >= 11 is 0. The van der Waals surface area contributed by atoms with Crippen LogP contribution < -0.4 is 0 Å². The Balaban J connectivity index is 1.26. The van der Waals surface area contributed by atoms with Crippen molar-refractivity contribution in [1.29, 1.82) is 0 Å². The van der Waals surface area contributed by atoms with Gasteiger partial charge in [-0.15, -0.1) is 0 Å². The Morgan fingerprint density at radius 2 is 1.77 bits per heavy atom. The molecule has 7 heteroatoms. The lowest BCUT2D eigenvalue weighted by Crippen LogP contribution is -2.48. The van der Waals surface area contributed by atoms with Gasteiger partial charge in [0.05, 0.1) is 19.3 Å². The summed E-state index contributed by atoms with van der Waals surface area (Å²) in [5, 5.41) is 1.95. The van der Waals surface area contributed by atoms with E-state index in [1.165, 1.54) is 0 Å². The highest BCUT2D eigenvalue weighted by Crippen LogP contribution is 2.43. The van der Waals surface area contributed by atoms with Crippen molar-refractivity contribution in [3.05, 3.63) is 42.2 Å². The molecule has 0 radical (unpaired) electrons. The first-order valence-electron chi connectivity index (χ1n) is 11.3. The van der Waals surface area contributed by atoms with Crippen molar-refractivity contribution in [2.75, 3.05) is 53.0 Å². The average Bonchev–Trinajstić information content (AvgIpc) is 3.14. The molecule has 3 fully saturated rings. The second-order valence-electron chi connectivity index (χ2n) is 9.25. The van der Waals surface area contributed by atoms with Gasteiger partial charge < -0.3 is 14.5 Å². The van der Waals surface area contributed by atoms with E-state index in [9.17, 15) is 9.59 Å². The van der Waals surface area contributed by atoms with Crippen LogP contribution in [0.25, 0.3) is 10.8 Å². The number of morpholine rings is 1. The largest absolute Gasteiger partial charge is 0.378 e. The number of pyridine rings is 1. The van der Waals surface area contributed by atoms with Crippen molar-refractivity contribution >= 4 is 22.6 Å². The molecule has 3 saturated heterocycles. The minimum Gasteiger partial charge on any atom is -0.378 e. The van der Waals surface area contributed by atoms with Crippen LogP contribution in [0.2, 0.25) is 0 Å². The van der Waals surface area contributed by atoms with E-state index in [-0.39, 0.29) is 23.3 Å². The number of ether oxygens (including phenoxy) is 1. The summed E-state index contributed by atoms with van der Waals surface area (Å²) < 4.78 is 5.40. The molecule has 31 heavy (non-hydrogen) atoms. The number of hydrogen-bond donors (Lipinski definition) is 0. The van der Waals surface area contributed by atoms with Crippen LogP contribution in [0.1, 0.15) is 29.8 Å². The first-order valence-corrected chi connectivity index (χ1v) is 11.3. The summed E-state index contributed by atoms with van der Waals surface area (Å²) in [4.78, 5) is 36.8. The van der Waals surface area contributed by atoms with E-state index in [4.69, 9.17) is 4.74 Å². The Morgan fingerprint density at radius 1 is 1.03 bits per heavy atom. The number of nitrogens with zero attached hydrogens (tertiary/aromatic N) is 4. The van der Waals surface area contributed by atoms with Crippen LogP contribution in [-0.4, -0.2) is 90.5 Å². The van der Waals surface area contributed by atoms with Crippen molar-refractivity contribution in [2.45, 2.75) is 25.3 Å². The van der Waals surface area contributed by atoms with Gasteiger partial charge in [0, 0.05) is 44.3 Å². The average molecular weight is 423 g/mol. The van der Waals surface area contributed by atoms with Crippen molar-refractivity contribution in [3.63, 3.8) is 0 Å². The second kappa shape index (κ2) is 8.20. The molecule has 5 rings (SSSR count).